The first kappa shape index (κ1) is 12.4. The standard InChI is InChI=1S/C11H17F2N3O/c1-8-11(2,3-6-17-8)15-7-9-14-4-5-16(9)10(12)13/h4-5,8,10,15H,3,6-7H2,1-2H3. The van der Waals surface area contributed by atoms with Crippen LogP contribution in [0.4, 0.5) is 8.78 Å². The Morgan fingerprint density at radius 1 is 1.71 bits per heavy atom. The average molecular weight is 245 g/mol. The number of aromatic nitrogens is 2. The van der Waals surface area contributed by atoms with Crippen LogP contribution in [-0.4, -0.2) is 27.8 Å². The highest BCUT2D eigenvalue weighted by atomic mass is 19.3. The van der Waals surface area contributed by atoms with Gasteiger partial charge in [0.05, 0.1) is 12.6 Å². The van der Waals surface area contributed by atoms with Gasteiger partial charge in [0.25, 0.3) is 0 Å². The molecule has 1 aromatic rings. The number of hydrogen-bond donors (Lipinski definition) is 1. The van der Waals surface area contributed by atoms with E-state index in [0.717, 1.165) is 11.0 Å². The molecule has 1 aromatic heterocycles. The van der Waals surface area contributed by atoms with Crippen molar-refractivity contribution in [3.05, 3.63) is 18.2 Å². The van der Waals surface area contributed by atoms with Crippen LogP contribution >= 0.6 is 0 Å². The molecule has 1 N–H and O–H groups in total. The summed E-state index contributed by atoms with van der Waals surface area (Å²) >= 11 is 0. The quantitative estimate of drug-likeness (QED) is 0.881. The lowest BCUT2D eigenvalue weighted by Gasteiger charge is -2.28. The molecule has 0 aliphatic carbocycles. The Labute approximate surface area is 99.0 Å². The van der Waals surface area contributed by atoms with Gasteiger partial charge in [-0.3, -0.25) is 4.57 Å². The van der Waals surface area contributed by atoms with Gasteiger partial charge in [0, 0.05) is 24.5 Å². The van der Waals surface area contributed by atoms with Crippen LogP contribution in [0.15, 0.2) is 12.4 Å². The molecule has 1 fully saturated rings. The zero-order valence-corrected chi connectivity index (χ0v) is 9.99. The van der Waals surface area contributed by atoms with E-state index in [0.29, 0.717) is 19.0 Å². The number of ether oxygens (including phenoxy) is 1. The van der Waals surface area contributed by atoms with E-state index in [1.165, 1.54) is 12.4 Å². The molecule has 0 amide bonds. The van der Waals surface area contributed by atoms with Crippen molar-refractivity contribution < 1.29 is 13.5 Å². The lowest BCUT2D eigenvalue weighted by Crippen LogP contribution is -2.47. The third-order valence-corrected chi connectivity index (χ3v) is 3.50. The van der Waals surface area contributed by atoms with Gasteiger partial charge in [0.1, 0.15) is 5.82 Å². The molecular formula is C11H17F2N3O. The normalized spacial score (nSPS) is 29.1. The van der Waals surface area contributed by atoms with Crippen molar-refractivity contribution in [3.63, 3.8) is 0 Å². The summed E-state index contributed by atoms with van der Waals surface area (Å²) < 4.78 is 31.6. The van der Waals surface area contributed by atoms with Crippen molar-refractivity contribution in [2.75, 3.05) is 6.61 Å². The smallest absolute Gasteiger partial charge is 0.319 e. The molecule has 2 unspecified atom stereocenters. The number of nitrogens with one attached hydrogen (secondary N) is 1. The Bertz CT molecular complexity index is 383. The fourth-order valence-corrected chi connectivity index (χ4v) is 2.01. The van der Waals surface area contributed by atoms with E-state index in [-0.39, 0.29) is 11.6 Å². The van der Waals surface area contributed by atoms with Gasteiger partial charge >= 0.3 is 6.55 Å². The van der Waals surface area contributed by atoms with Gasteiger partial charge in [-0.1, -0.05) is 0 Å². The van der Waals surface area contributed by atoms with Crippen molar-refractivity contribution in [3.8, 4) is 0 Å². The fourth-order valence-electron chi connectivity index (χ4n) is 2.01. The first-order valence-electron chi connectivity index (χ1n) is 5.69. The van der Waals surface area contributed by atoms with Crippen molar-refractivity contribution in [1.29, 1.82) is 0 Å². The molecule has 6 heteroatoms. The summed E-state index contributed by atoms with van der Waals surface area (Å²) in [5, 5.41) is 3.26. The van der Waals surface area contributed by atoms with Gasteiger partial charge in [-0.15, -0.1) is 0 Å². The SMILES string of the molecule is CC1OCCC1(C)NCc1nccn1C(F)F. The maximum absolute atomic E-state index is 12.6. The molecule has 2 atom stereocenters. The monoisotopic (exact) mass is 245 g/mol. The average Bonchev–Trinajstić information content (AvgIpc) is 2.85. The minimum Gasteiger partial charge on any atom is -0.377 e. The predicted molar refractivity (Wildman–Crippen MR) is 58.8 cm³/mol. The summed E-state index contributed by atoms with van der Waals surface area (Å²) in [5.41, 5.74) is -0.168. The second kappa shape index (κ2) is 4.70. The van der Waals surface area contributed by atoms with Crippen LogP contribution in [0, 0.1) is 0 Å². The number of imidazole rings is 1. The number of rotatable bonds is 4. The fraction of sp³-hybridized carbons (Fsp3) is 0.727. The van der Waals surface area contributed by atoms with Crippen LogP contribution in [0.25, 0.3) is 0 Å². The molecule has 96 valence electrons. The summed E-state index contributed by atoms with van der Waals surface area (Å²) in [4.78, 5) is 3.93. The summed E-state index contributed by atoms with van der Waals surface area (Å²) in [6, 6.07) is 0. The van der Waals surface area contributed by atoms with E-state index in [2.05, 4.69) is 10.3 Å². The highest BCUT2D eigenvalue weighted by Crippen LogP contribution is 2.25. The van der Waals surface area contributed by atoms with E-state index in [1.54, 1.807) is 0 Å². The van der Waals surface area contributed by atoms with E-state index in [1.807, 2.05) is 13.8 Å². The van der Waals surface area contributed by atoms with Crippen LogP contribution in [0.5, 0.6) is 0 Å². The molecule has 2 rings (SSSR count). The minimum absolute atomic E-state index is 0.0810. The molecule has 1 aliphatic rings. The van der Waals surface area contributed by atoms with Crippen LogP contribution in [0.2, 0.25) is 0 Å². The number of halogens is 2. The van der Waals surface area contributed by atoms with Gasteiger partial charge in [-0.25, -0.2) is 4.98 Å². The maximum Gasteiger partial charge on any atom is 0.319 e. The Balaban J connectivity index is 2.00. The molecule has 1 aliphatic heterocycles. The molecule has 0 saturated carbocycles. The topological polar surface area (TPSA) is 39.1 Å². The summed E-state index contributed by atoms with van der Waals surface area (Å²) in [7, 11) is 0. The molecule has 4 nitrogen and oxygen atoms in total. The summed E-state index contributed by atoms with van der Waals surface area (Å²) in [6.45, 7) is 2.51. The molecule has 0 spiro atoms. The molecule has 17 heavy (non-hydrogen) atoms. The Hall–Kier alpha value is -1.01. The van der Waals surface area contributed by atoms with E-state index in [9.17, 15) is 8.78 Å². The van der Waals surface area contributed by atoms with Crippen molar-refractivity contribution in [1.82, 2.24) is 14.9 Å². The molecule has 0 radical (unpaired) electrons. The molecule has 1 saturated heterocycles. The van der Waals surface area contributed by atoms with E-state index < -0.39 is 6.55 Å². The van der Waals surface area contributed by atoms with Crippen LogP contribution in [0.1, 0.15) is 32.6 Å². The molecule has 0 aromatic carbocycles. The van der Waals surface area contributed by atoms with Gasteiger partial charge < -0.3 is 10.1 Å². The minimum atomic E-state index is -2.54. The number of nitrogens with zero attached hydrogens (tertiary/aromatic N) is 2. The zero-order valence-electron chi connectivity index (χ0n) is 9.99. The Morgan fingerprint density at radius 2 is 2.47 bits per heavy atom. The third-order valence-electron chi connectivity index (χ3n) is 3.50. The Morgan fingerprint density at radius 3 is 3.06 bits per heavy atom. The zero-order chi connectivity index (χ0) is 12.5. The third kappa shape index (κ3) is 2.47. The second-order valence-electron chi connectivity index (χ2n) is 4.56. The van der Waals surface area contributed by atoms with E-state index in [4.69, 9.17) is 4.74 Å². The lowest BCUT2D eigenvalue weighted by molar-refractivity contribution is 0.0644. The lowest BCUT2D eigenvalue weighted by atomic mass is 9.95. The first-order chi connectivity index (χ1) is 8.03. The van der Waals surface area contributed by atoms with Crippen LogP contribution in [0.3, 0.4) is 0 Å². The summed E-state index contributed by atoms with van der Waals surface area (Å²) in [6.07, 6.45) is 3.64. The van der Waals surface area contributed by atoms with Gasteiger partial charge in [0.15, 0.2) is 0 Å². The highest BCUT2D eigenvalue weighted by molar-refractivity contribution is 4.98. The maximum atomic E-state index is 12.6. The summed E-state index contributed by atoms with van der Waals surface area (Å²) in [5.74, 6) is 0.348. The van der Waals surface area contributed by atoms with Crippen LogP contribution < -0.4 is 5.32 Å². The Kier molecular flexibility index (Phi) is 3.44. The largest absolute Gasteiger partial charge is 0.377 e. The van der Waals surface area contributed by atoms with Crippen molar-refractivity contribution >= 4 is 0 Å². The number of hydrogen-bond acceptors (Lipinski definition) is 3. The van der Waals surface area contributed by atoms with Crippen molar-refractivity contribution in [2.45, 2.75) is 45.0 Å². The molecular weight excluding hydrogens is 228 g/mol. The van der Waals surface area contributed by atoms with Gasteiger partial charge in [-0.2, -0.15) is 8.78 Å². The van der Waals surface area contributed by atoms with Crippen LogP contribution in [-0.2, 0) is 11.3 Å². The second-order valence-corrected chi connectivity index (χ2v) is 4.56. The molecule has 0 bridgehead atoms. The van der Waals surface area contributed by atoms with E-state index >= 15 is 0 Å². The first-order valence-corrected chi connectivity index (χ1v) is 5.69. The van der Waals surface area contributed by atoms with Gasteiger partial charge in [-0.05, 0) is 20.3 Å². The predicted octanol–water partition coefficient (Wildman–Crippen LogP) is 1.94. The van der Waals surface area contributed by atoms with Crippen molar-refractivity contribution in [2.24, 2.45) is 0 Å². The highest BCUT2D eigenvalue weighted by Gasteiger charge is 2.36. The van der Waals surface area contributed by atoms with Gasteiger partial charge in [0.2, 0.25) is 0 Å². The number of alkyl halides is 2. The molecule has 2 heterocycles.